The number of para-hydroxylation sites is 1. The summed E-state index contributed by atoms with van der Waals surface area (Å²) in [7, 11) is 5.18. The van der Waals surface area contributed by atoms with E-state index in [4.69, 9.17) is 4.74 Å². The number of methoxy groups -OCH3 is 1. The van der Waals surface area contributed by atoms with Gasteiger partial charge in [0.25, 0.3) is 0 Å². The third-order valence-corrected chi connectivity index (χ3v) is 5.67. The number of rotatable bonds is 8. The highest BCUT2D eigenvalue weighted by Crippen LogP contribution is 2.32. The summed E-state index contributed by atoms with van der Waals surface area (Å²) < 4.78 is 7.61. The van der Waals surface area contributed by atoms with Gasteiger partial charge >= 0.3 is 0 Å². The van der Waals surface area contributed by atoms with Gasteiger partial charge in [-0.25, -0.2) is 0 Å². The van der Waals surface area contributed by atoms with Crippen molar-refractivity contribution in [2.24, 2.45) is 0 Å². The van der Waals surface area contributed by atoms with Crippen LogP contribution in [0.4, 0.5) is 0 Å². The summed E-state index contributed by atoms with van der Waals surface area (Å²) in [6.45, 7) is 2.60. The van der Waals surface area contributed by atoms with E-state index in [-0.39, 0.29) is 11.2 Å². The summed E-state index contributed by atoms with van der Waals surface area (Å²) in [4.78, 5) is 13.9. The van der Waals surface area contributed by atoms with Crippen LogP contribution in [0.5, 0.6) is 5.75 Å². The first-order chi connectivity index (χ1) is 14.0. The lowest BCUT2D eigenvalue weighted by Crippen LogP contribution is -2.29. The van der Waals surface area contributed by atoms with E-state index in [1.165, 1.54) is 17.3 Å². The van der Waals surface area contributed by atoms with Crippen LogP contribution in [-0.4, -0.2) is 52.0 Å². The lowest BCUT2D eigenvalue weighted by molar-refractivity contribution is -0.127. The van der Waals surface area contributed by atoms with Crippen LogP contribution in [0.2, 0.25) is 0 Å². The molecule has 0 fully saturated rings. The minimum atomic E-state index is -0.254. The summed E-state index contributed by atoms with van der Waals surface area (Å²) in [5.41, 5.74) is 2.12. The van der Waals surface area contributed by atoms with Crippen molar-refractivity contribution < 1.29 is 9.53 Å². The van der Waals surface area contributed by atoms with Crippen LogP contribution in [0.25, 0.3) is 11.4 Å². The van der Waals surface area contributed by atoms with Crippen LogP contribution < -0.4 is 4.74 Å². The highest BCUT2D eigenvalue weighted by Gasteiger charge is 2.23. The zero-order valence-electron chi connectivity index (χ0n) is 17.2. The second-order valence-electron chi connectivity index (χ2n) is 6.89. The first-order valence-corrected chi connectivity index (χ1v) is 10.4. The Morgan fingerprint density at radius 3 is 2.48 bits per heavy atom. The molecule has 1 heterocycles. The number of carbonyl (C=O) groups excluding carboxylic acids is 1. The molecule has 6 nitrogen and oxygen atoms in total. The van der Waals surface area contributed by atoms with Crippen LogP contribution in [0, 0.1) is 0 Å². The van der Waals surface area contributed by atoms with E-state index in [0.717, 1.165) is 28.7 Å². The quantitative estimate of drug-likeness (QED) is 0.529. The average Bonchev–Trinajstić information content (AvgIpc) is 3.14. The van der Waals surface area contributed by atoms with E-state index in [0.29, 0.717) is 6.54 Å². The van der Waals surface area contributed by atoms with Gasteiger partial charge in [0.05, 0.1) is 17.9 Å². The zero-order chi connectivity index (χ0) is 20.8. The molecule has 3 aromatic rings. The van der Waals surface area contributed by atoms with Crippen molar-refractivity contribution in [3.63, 3.8) is 0 Å². The third-order valence-electron chi connectivity index (χ3n) is 4.60. The number of carbonyl (C=O) groups is 1. The molecular weight excluding hydrogens is 384 g/mol. The third kappa shape index (κ3) is 4.98. The molecule has 29 heavy (non-hydrogen) atoms. The predicted octanol–water partition coefficient (Wildman–Crippen LogP) is 3.77. The van der Waals surface area contributed by atoms with Gasteiger partial charge in [-0.15, -0.1) is 10.2 Å². The van der Waals surface area contributed by atoms with Gasteiger partial charge in [-0.1, -0.05) is 54.2 Å². The summed E-state index contributed by atoms with van der Waals surface area (Å²) in [6, 6.07) is 18.1. The first kappa shape index (κ1) is 20.9. The van der Waals surface area contributed by atoms with Crippen LogP contribution >= 0.6 is 11.8 Å². The van der Waals surface area contributed by atoms with Gasteiger partial charge in [0.15, 0.2) is 11.0 Å². The van der Waals surface area contributed by atoms with E-state index < -0.39 is 0 Å². The molecule has 0 radical (unpaired) electrons. The number of aromatic nitrogens is 3. The SMILES string of the molecule is COc1ccccc1-c1nnc(SC(C)C(=O)N(C)C)n1CCc1ccccc1. The molecule has 3 rings (SSSR count). The number of thioether (sulfide) groups is 1. The molecule has 0 aliphatic carbocycles. The van der Waals surface area contributed by atoms with Crippen molar-refractivity contribution in [1.29, 1.82) is 0 Å². The molecule has 0 saturated heterocycles. The number of hydrogen-bond acceptors (Lipinski definition) is 5. The van der Waals surface area contributed by atoms with Crippen LogP contribution in [0.1, 0.15) is 12.5 Å². The van der Waals surface area contributed by atoms with E-state index in [2.05, 4.69) is 26.9 Å². The Morgan fingerprint density at radius 2 is 1.79 bits per heavy atom. The molecule has 7 heteroatoms. The average molecular weight is 411 g/mol. The monoisotopic (exact) mass is 410 g/mol. The Kier molecular flexibility index (Phi) is 6.93. The van der Waals surface area contributed by atoms with Gasteiger partial charge in [-0.2, -0.15) is 0 Å². The van der Waals surface area contributed by atoms with Gasteiger partial charge in [0, 0.05) is 20.6 Å². The van der Waals surface area contributed by atoms with Gasteiger partial charge in [-0.05, 0) is 31.0 Å². The molecule has 0 saturated carbocycles. The predicted molar refractivity (Wildman–Crippen MR) is 116 cm³/mol. The number of ether oxygens (including phenoxy) is 1. The second-order valence-corrected chi connectivity index (χ2v) is 8.19. The molecule has 0 bridgehead atoms. The molecule has 0 aliphatic heterocycles. The number of nitrogens with zero attached hydrogens (tertiary/aromatic N) is 4. The molecule has 0 spiro atoms. The Morgan fingerprint density at radius 1 is 1.10 bits per heavy atom. The summed E-state index contributed by atoms with van der Waals surface area (Å²) in [5.74, 6) is 1.53. The Labute approximate surface area is 175 Å². The highest BCUT2D eigenvalue weighted by molar-refractivity contribution is 8.00. The number of aryl methyl sites for hydroxylation is 1. The number of hydrogen-bond donors (Lipinski definition) is 0. The molecular formula is C22H26N4O2S. The lowest BCUT2D eigenvalue weighted by Gasteiger charge is -2.17. The van der Waals surface area contributed by atoms with E-state index >= 15 is 0 Å². The van der Waals surface area contributed by atoms with Gasteiger partial charge < -0.3 is 14.2 Å². The fourth-order valence-corrected chi connectivity index (χ4v) is 4.08. The van der Waals surface area contributed by atoms with Crippen molar-refractivity contribution in [2.45, 2.75) is 30.3 Å². The van der Waals surface area contributed by atoms with E-state index in [9.17, 15) is 4.79 Å². The van der Waals surface area contributed by atoms with Crippen molar-refractivity contribution in [2.75, 3.05) is 21.2 Å². The first-order valence-electron chi connectivity index (χ1n) is 9.49. The Hall–Kier alpha value is -2.80. The maximum absolute atomic E-state index is 12.3. The van der Waals surface area contributed by atoms with Gasteiger partial charge in [0.2, 0.25) is 5.91 Å². The van der Waals surface area contributed by atoms with Crippen molar-refractivity contribution >= 4 is 17.7 Å². The molecule has 1 aromatic heterocycles. The molecule has 152 valence electrons. The maximum Gasteiger partial charge on any atom is 0.235 e. The molecule has 0 aliphatic rings. The van der Waals surface area contributed by atoms with E-state index in [1.807, 2.05) is 49.4 Å². The molecule has 1 atom stereocenters. The van der Waals surface area contributed by atoms with Gasteiger partial charge in [0.1, 0.15) is 5.75 Å². The van der Waals surface area contributed by atoms with E-state index in [1.54, 1.807) is 26.1 Å². The van der Waals surface area contributed by atoms with Crippen molar-refractivity contribution in [1.82, 2.24) is 19.7 Å². The standard InChI is InChI=1S/C22H26N4O2S/c1-16(21(27)25(2)3)29-22-24-23-20(18-12-8-9-13-19(18)28-4)26(22)15-14-17-10-6-5-7-11-17/h5-13,16H,14-15H2,1-4H3. The van der Waals surface area contributed by atoms with Gasteiger partial charge in [-0.3, -0.25) is 4.79 Å². The smallest absolute Gasteiger partial charge is 0.235 e. The summed E-state index contributed by atoms with van der Waals surface area (Å²) in [5, 5.41) is 9.34. The van der Waals surface area contributed by atoms with Crippen molar-refractivity contribution in [3.05, 3.63) is 60.2 Å². The minimum Gasteiger partial charge on any atom is -0.496 e. The Bertz CT molecular complexity index is 956. The molecule has 0 N–H and O–H groups in total. The largest absolute Gasteiger partial charge is 0.496 e. The van der Waals surface area contributed by atoms with Crippen LogP contribution in [-0.2, 0) is 17.8 Å². The normalized spacial score (nSPS) is 11.9. The minimum absolute atomic E-state index is 0.0476. The fourth-order valence-electron chi connectivity index (χ4n) is 3.06. The molecule has 1 amide bonds. The second kappa shape index (κ2) is 9.60. The maximum atomic E-state index is 12.3. The molecule has 1 unspecified atom stereocenters. The summed E-state index contributed by atoms with van der Waals surface area (Å²) in [6.07, 6.45) is 0.838. The fraction of sp³-hybridized carbons (Fsp3) is 0.318. The topological polar surface area (TPSA) is 60.3 Å². The molecule has 2 aromatic carbocycles. The van der Waals surface area contributed by atoms with Crippen LogP contribution in [0.15, 0.2) is 59.8 Å². The van der Waals surface area contributed by atoms with Crippen LogP contribution in [0.3, 0.4) is 0 Å². The lowest BCUT2D eigenvalue weighted by atomic mass is 10.1. The highest BCUT2D eigenvalue weighted by atomic mass is 32.2. The summed E-state index contributed by atoms with van der Waals surface area (Å²) >= 11 is 1.43. The number of benzene rings is 2. The van der Waals surface area contributed by atoms with Crippen molar-refractivity contribution in [3.8, 4) is 17.1 Å². The zero-order valence-corrected chi connectivity index (χ0v) is 18.0. The Balaban J connectivity index is 1.95. The number of amides is 1.